The number of hydrogen-bond acceptors (Lipinski definition) is 4. The molecule has 114 valence electrons. The highest BCUT2D eigenvalue weighted by atomic mass is 15.1. The summed E-state index contributed by atoms with van der Waals surface area (Å²) in [6.45, 7) is 5.25. The molecule has 2 aromatic rings. The molecule has 0 aliphatic heterocycles. The van der Waals surface area contributed by atoms with Crippen molar-refractivity contribution in [1.82, 2.24) is 15.0 Å². The molecule has 5 heteroatoms. The van der Waals surface area contributed by atoms with Crippen LogP contribution in [0.3, 0.4) is 0 Å². The molecule has 1 aliphatic rings. The van der Waals surface area contributed by atoms with Crippen molar-refractivity contribution in [3.05, 3.63) is 18.1 Å². The van der Waals surface area contributed by atoms with Crippen molar-refractivity contribution in [1.29, 1.82) is 0 Å². The Kier molecular flexibility index (Phi) is 3.85. The third-order valence-corrected chi connectivity index (χ3v) is 4.96. The number of aryl methyl sites for hydroxylation is 1. The fraction of sp³-hybridized carbons (Fsp3) is 0.625. The van der Waals surface area contributed by atoms with Gasteiger partial charge in [0.1, 0.15) is 17.8 Å². The topological polar surface area (TPSA) is 79.6 Å². The molecule has 0 bridgehead atoms. The Bertz CT molecular complexity index is 610. The molecule has 0 radical (unpaired) electrons. The summed E-state index contributed by atoms with van der Waals surface area (Å²) in [5.74, 6) is 0.972. The lowest BCUT2D eigenvalue weighted by Gasteiger charge is -2.36. The molecular weight excluding hydrogens is 262 g/mol. The summed E-state index contributed by atoms with van der Waals surface area (Å²) in [6, 6.07) is 0.488. The number of anilines is 1. The number of fused-ring (bicyclic) bond motifs is 1. The second-order valence-corrected chi connectivity index (χ2v) is 6.55. The van der Waals surface area contributed by atoms with Crippen molar-refractivity contribution in [3.8, 4) is 0 Å². The summed E-state index contributed by atoms with van der Waals surface area (Å²) < 4.78 is 0. The number of H-pyrrole nitrogens is 1. The molecule has 0 amide bonds. The largest absolute Gasteiger partial charge is 0.367 e. The quantitative estimate of drug-likeness (QED) is 0.808. The Morgan fingerprint density at radius 1 is 1.38 bits per heavy atom. The van der Waals surface area contributed by atoms with E-state index in [1.54, 1.807) is 6.33 Å². The van der Waals surface area contributed by atoms with E-state index in [0.717, 1.165) is 42.7 Å². The minimum absolute atomic E-state index is 0.321. The smallest absolute Gasteiger partial charge is 0.143 e. The molecule has 3 rings (SSSR count). The summed E-state index contributed by atoms with van der Waals surface area (Å²) in [4.78, 5) is 12.0. The monoisotopic (exact) mass is 287 g/mol. The maximum Gasteiger partial charge on any atom is 0.143 e. The van der Waals surface area contributed by atoms with Crippen LogP contribution in [0, 0.1) is 5.41 Å². The van der Waals surface area contributed by atoms with E-state index in [1.807, 2.05) is 6.20 Å². The number of aromatic nitrogens is 3. The average Bonchev–Trinajstić information content (AvgIpc) is 2.94. The fourth-order valence-electron chi connectivity index (χ4n) is 3.27. The number of hydrogen-bond donors (Lipinski definition) is 3. The molecule has 0 atom stereocenters. The number of nitrogens with one attached hydrogen (secondary N) is 2. The van der Waals surface area contributed by atoms with Crippen molar-refractivity contribution >= 4 is 16.9 Å². The van der Waals surface area contributed by atoms with E-state index in [2.05, 4.69) is 34.1 Å². The Labute approximate surface area is 125 Å². The number of nitrogens with zero attached hydrogens (tertiary/aromatic N) is 2. The highest BCUT2D eigenvalue weighted by Gasteiger charge is 2.30. The molecule has 0 saturated heterocycles. The van der Waals surface area contributed by atoms with Crippen LogP contribution in [-0.2, 0) is 6.42 Å². The van der Waals surface area contributed by atoms with Crippen molar-refractivity contribution < 1.29 is 0 Å². The van der Waals surface area contributed by atoms with Crippen LogP contribution < -0.4 is 11.1 Å². The van der Waals surface area contributed by atoms with Gasteiger partial charge in [0.05, 0.1) is 5.39 Å². The Morgan fingerprint density at radius 2 is 2.14 bits per heavy atom. The van der Waals surface area contributed by atoms with Gasteiger partial charge in [-0.25, -0.2) is 9.97 Å². The van der Waals surface area contributed by atoms with Gasteiger partial charge >= 0.3 is 0 Å². The molecule has 0 spiro atoms. The second kappa shape index (κ2) is 5.64. The van der Waals surface area contributed by atoms with Crippen LogP contribution in [0.25, 0.3) is 11.0 Å². The van der Waals surface area contributed by atoms with Gasteiger partial charge in [0.15, 0.2) is 0 Å². The van der Waals surface area contributed by atoms with E-state index < -0.39 is 0 Å². The minimum atomic E-state index is 0.321. The summed E-state index contributed by atoms with van der Waals surface area (Å²) >= 11 is 0. The van der Waals surface area contributed by atoms with Crippen molar-refractivity contribution in [3.63, 3.8) is 0 Å². The first-order chi connectivity index (χ1) is 10.1. The SMILES string of the molecule is CCc1c[nH]c2ncnc(NC3CCC(C)(CN)CC3)c12. The van der Waals surface area contributed by atoms with Gasteiger partial charge in [-0.15, -0.1) is 0 Å². The molecule has 1 saturated carbocycles. The molecule has 0 aromatic carbocycles. The van der Waals surface area contributed by atoms with Crippen molar-refractivity contribution in [2.24, 2.45) is 11.1 Å². The molecule has 2 heterocycles. The van der Waals surface area contributed by atoms with Crippen molar-refractivity contribution in [2.45, 2.75) is 52.0 Å². The fourth-order valence-corrected chi connectivity index (χ4v) is 3.27. The number of nitrogens with two attached hydrogens (primary N) is 1. The van der Waals surface area contributed by atoms with Gasteiger partial charge < -0.3 is 16.0 Å². The maximum atomic E-state index is 5.89. The van der Waals surface area contributed by atoms with E-state index >= 15 is 0 Å². The number of rotatable bonds is 4. The van der Waals surface area contributed by atoms with Crippen LogP contribution >= 0.6 is 0 Å². The second-order valence-electron chi connectivity index (χ2n) is 6.55. The molecule has 21 heavy (non-hydrogen) atoms. The third-order valence-electron chi connectivity index (χ3n) is 4.96. The van der Waals surface area contributed by atoms with E-state index in [0.29, 0.717) is 11.5 Å². The highest BCUT2D eigenvalue weighted by Crippen LogP contribution is 2.36. The zero-order valence-corrected chi connectivity index (χ0v) is 12.9. The first kappa shape index (κ1) is 14.3. The summed E-state index contributed by atoms with van der Waals surface area (Å²) in [5, 5.41) is 4.78. The Balaban J connectivity index is 1.78. The van der Waals surface area contributed by atoms with Gasteiger partial charge in [-0.2, -0.15) is 0 Å². The zero-order valence-electron chi connectivity index (χ0n) is 12.9. The highest BCUT2D eigenvalue weighted by molar-refractivity contribution is 5.90. The van der Waals surface area contributed by atoms with E-state index in [-0.39, 0.29) is 0 Å². The van der Waals surface area contributed by atoms with Gasteiger partial charge in [0.25, 0.3) is 0 Å². The third kappa shape index (κ3) is 2.75. The molecule has 2 aromatic heterocycles. The first-order valence-electron chi connectivity index (χ1n) is 7.93. The predicted molar refractivity (Wildman–Crippen MR) is 86.3 cm³/mol. The maximum absolute atomic E-state index is 5.89. The van der Waals surface area contributed by atoms with E-state index in [1.165, 1.54) is 18.4 Å². The Hall–Kier alpha value is -1.62. The molecule has 1 fully saturated rings. The molecule has 4 N–H and O–H groups in total. The van der Waals surface area contributed by atoms with Gasteiger partial charge in [-0.05, 0) is 49.6 Å². The van der Waals surface area contributed by atoms with Crippen LogP contribution in [0.4, 0.5) is 5.82 Å². The average molecular weight is 287 g/mol. The zero-order chi connectivity index (χ0) is 14.9. The van der Waals surface area contributed by atoms with Gasteiger partial charge in [0.2, 0.25) is 0 Å². The van der Waals surface area contributed by atoms with Gasteiger partial charge in [-0.1, -0.05) is 13.8 Å². The molecule has 0 unspecified atom stereocenters. The summed E-state index contributed by atoms with van der Waals surface area (Å²) in [5.41, 5.74) is 8.41. The van der Waals surface area contributed by atoms with Crippen LogP contribution in [0.2, 0.25) is 0 Å². The van der Waals surface area contributed by atoms with Crippen molar-refractivity contribution in [2.75, 3.05) is 11.9 Å². The summed E-state index contributed by atoms with van der Waals surface area (Å²) in [7, 11) is 0. The van der Waals surface area contributed by atoms with Crippen LogP contribution in [0.1, 0.15) is 45.1 Å². The van der Waals surface area contributed by atoms with Crippen LogP contribution in [0.15, 0.2) is 12.5 Å². The van der Waals surface area contributed by atoms with Gasteiger partial charge in [-0.3, -0.25) is 0 Å². The van der Waals surface area contributed by atoms with E-state index in [4.69, 9.17) is 5.73 Å². The Morgan fingerprint density at radius 3 is 2.81 bits per heavy atom. The molecular formula is C16H25N5. The van der Waals surface area contributed by atoms with Crippen LogP contribution in [-0.4, -0.2) is 27.5 Å². The standard InChI is InChI=1S/C16H25N5/c1-3-11-8-18-14-13(11)15(20-10-19-14)21-12-4-6-16(2,9-17)7-5-12/h8,10,12H,3-7,9,17H2,1-2H3,(H2,18,19,20,21). The predicted octanol–water partition coefficient (Wildman–Crippen LogP) is 2.84. The lowest BCUT2D eigenvalue weighted by atomic mass is 9.74. The number of aromatic amines is 1. The van der Waals surface area contributed by atoms with E-state index in [9.17, 15) is 0 Å². The normalized spacial score (nSPS) is 26.1. The lowest BCUT2D eigenvalue weighted by Crippen LogP contribution is -2.36. The molecule has 5 nitrogen and oxygen atoms in total. The minimum Gasteiger partial charge on any atom is -0.367 e. The van der Waals surface area contributed by atoms with Crippen LogP contribution in [0.5, 0.6) is 0 Å². The van der Waals surface area contributed by atoms with Gasteiger partial charge in [0, 0.05) is 12.2 Å². The molecule has 1 aliphatic carbocycles. The summed E-state index contributed by atoms with van der Waals surface area (Å²) in [6.07, 6.45) is 9.34. The lowest BCUT2D eigenvalue weighted by molar-refractivity contribution is 0.215. The first-order valence-corrected chi connectivity index (χ1v) is 7.93.